The first-order chi connectivity index (χ1) is 12.2. The molecule has 0 bridgehead atoms. The van der Waals surface area contributed by atoms with Crippen LogP contribution in [0.1, 0.15) is 45.4 Å². The molecule has 5 heteroatoms. The standard InChI is InChI=1S/C20H26N2O3/c1-2-17-20(24)22(16-10-6-7-11-18(16)25-17)14-19(23)21-13-12-15-8-4-3-5-9-15/h6-8,10-11,17H,2-5,9,12-14H2,1H3,(H,21,23)/t17-/m1/s1. The summed E-state index contributed by atoms with van der Waals surface area (Å²) >= 11 is 0. The zero-order valence-electron chi connectivity index (χ0n) is 14.8. The van der Waals surface area contributed by atoms with Gasteiger partial charge in [0.15, 0.2) is 6.10 Å². The maximum atomic E-state index is 12.6. The van der Waals surface area contributed by atoms with Crippen molar-refractivity contribution in [1.82, 2.24) is 5.32 Å². The molecule has 2 aliphatic rings. The molecule has 5 nitrogen and oxygen atoms in total. The van der Waals surface area contributed by atoms with Crippen molar-refractivity contribution in [3.05, 3.63) is 35.9 Å². The Morgan fingerprint density at radius 2 is 2.16 bits per heavy atom. The highest BCUT2D eigenvalue weighted by molar-refractivity contribution is 6.03. The average molecular weight is 342 g/mol. The molecule has 25 heavy (non-hydrogen) atoms. The molecule has 1 atom stereocenters. The van der Waals surface area contributed by atoms with Gasteiger partial charge in [-0.25, -0.2) is 0 Å². The number of para-hydroxylation sites is 2. The SMILES string of the molecule is CC[C@H]1Oc2ccccc2N(CC(=O)NCCC2=CCCCC2)C1=O. The quantitative estimate of drug-likeness (QED) is 0.808. The van der Waals surface area contributed by atoms with Crippen molar-refractivity contribution in [3.63, 3.8) is 0 Å². The first kappa shape index (κ1) is 17.5. The van der Waals surface area contributed by atoms with Crippen molar-refractivity contribution in [2.45, 2.75) is 51.6 Å². The number of rotatable bonds is 6. The molecular formula is C20H26N2O3. The minimum absolute atomic E-state index is 0.0365. The summed E-state index contributed by atoms with van der Waals surface area (Å²) in [6.07, 6.45) is 8.07. The number of hydrogen-bond acceptors (Lipinski definition) is 3. The van der Waals surface area contributed by atoms with Gasteiger partial charge in [0.25, 0.3) is 5.91 Å². The Kier molecular flexibility index (Phi) is 5.74. The lowest BCUT2D eigenvalue weighted by atomic mass is 9.97. The van der Waals surface area contributed by atoms with Crippen molar-refractivity contribution in [3.8, 4) is 5.75 Å². The molecular weight excluding hydrogens is 316 g/mol. The topological polar surface area (TPSA) is 58.6 Å². The van der Waals surface area contributed by atoms with Gasteiger partial charge in [0.1, 0.15) is 12.3 Å². The van der Waals surface area contributed by atoms with Crippen LogP contribution in [-0.4, -0.2) is 31.0 Å². The number of benzene rings is 1. The Labute approximate surface area is 149 Å². The zero-order chi connectivity index (χ0) is 17.6. The van der Waals surface area contributed by atoms with Crippen molar-refractivity contribution < 1.29 is 14.3 Å². The fourth-order valence-corrected chi connectivity index (χ4v) is 3.39. The fraction of sp³-hybridized carbons (Fsp3) is 0.500. The Morgan fingerprint density at radius 3 is 2.92 bits per heavy atom. The predicted octanol–water partition coefficient (Wildman–Crippen LogP) is 3.20. The normalized spacial score (nSPS) is 19.7. The monoisotopic (exact) mass is 342 g/mol. The molecule has 0 saturated heterocycles. The third-order valence-electron chi connectivity index (χ3n) is 4.79. The molecule has 0 radical (unpaired) electrons. The summed E-state index contributed by atoms with van der Waals surface area (Å²) in [6.45, 7) is 2.57. The van der Waals surface area contributed by atoms with Crippen LogP contribution in [0, 0.1) is 0 Å². The van der Waals surface area contributed by atoms with Crippen LogP contribution in [0.3, 0.4) is 0 Å². The third-order valence-corrected chi connectivity index (χ3v) is 4.79. The number of amides is 2. The molecule has 1 heterocycles. The van der Waals surface area contributed by atoms with Crippen LogP contribution in [0.2, 0.25) is 0 Å². The van der Waals surface area contributed by atoms with Crippen molar-refractivity contribution in [2.24, 2.45) is 0 Å². The summed E-state index contributed by atoms with van der Waals surface area (Å²) < 4.78 is 5.74. The largest absolute Gasteiger partial charge is 0.478 e. The predicted molar refractivity (Wildman–Crippen MR) is 97.7 cm³/mol. The summed E-state index contributed by atoms with van der Waals surface area (Å²) in [4.78, 5) is 26.5. The molecule has 0 unspecified atom stereocenters. The maximum Gasteiger partial charge on any atom is 0.268 e. The number of anilines is 1. The van der Waals surface area contributed by atoms with E-state index in [9.17, 15) is 9.59 Å². The lowest BCUT2D eigenvalue weighted by molar-refractivity contribution is -0.129. The van der Waals surface area contributed by atoms with Gasteiger partial charge in [-0.05, 0) is 50.7 Å². The van der Waals surface area contributed by atoms with Gasteiger partial charge in [-0.2, -0.15) is 0 Å². The summed E-state index contributed by atoms with van der Waals surface area (Å²) in [5.41, 5.74) is 2.10. The molecule has 3 rings (SSSR count). The van der Waals surface area contributed by atoms with Gasteiger partial charge in [0.2, 0.25) is 5.91 Å². The van der Waals surface area contributed by atoms with E-state index in [1.54, 1.807) is 4.90 Å². The van der Waals surface area contributed by atoms with E-state index in [1.165, 1.54) is 18.4 Å². The number of allylic oxidation sites excluding steroid dienone is 1. The number of carbonyl (C=O) groups excluding carboxylic acids is 2. The van der Waals surface area contributed by atoms with E-state index >= 15 is 0 Å². The highest BCUT2D eigenvalue weighted by atomic mass is 16.5. The van der Waals surface area contributed by atoms with Crippen molar-refractivity contribution >= 4 is 17.5 Å². The van der Waals surface area contributed by atoms with E-state index in [4.69, 9.17) is 4.74 Å². The molecule has 134 valence electrons. The van der Waals surface area contributed by atoms with Crippen LogP contribution in [0.25, 0.3) is 0 Å². The van der Waals surface area contributed by atoms with E-state index in [0.29, 0.717) is 24.4 Å². The molecule has 0 fully saturated rings. The van der Waals surface area contributed by atoms with E-state index in [1.807, 2.05) is 31.2 Å². The molecule has 1 aromatic rings. The number of ether oxygens (including phenoxy) is 1. The summed E-state index contributed by atoms with van der Waals surface area (Å²) in [5, 5.41) is 2.95. The van der Waals surface area contributed by atoms with Crippen molar-refractivity contribution in [2.75, 3.05) is 18.0 Å². The molecule has 1 aromatic carbocycles. The summed E-state index contributed by atoms with van der Waals surface area (Å²) in [6, 6.07) is 7.38. The van der Waals surface area contributed by atoms with Gasteiger partial charge in [0, 0.05) is 6.54 Å². The highest BCUT2D eigenvalue weighted by Crippen LogP contribution is 2.34. The second kappa shape index (κ2) is 8.19. The summed E-state index contributed by atoms with van der Waals surface area (Å²) in [5.74, 6) is 0.386. The minimum atomic E-state index is -0.518. The minimum Gasteiger partial charge on any atom is -0.478 e. The molecule has 1 aliphatic heterocycles. The Hall–Kier alpha value is -2.30. The van der Waals surface area contributed by atoms with Gasteiger partial charge < -0.3 is 10.1 Å². The third kappa shape index (κ3) is 4.21. The molecule has 0 saturated carbocycles. The van der Waals surface area contributed by atoms with Crippen molar-refractivity contribution in [1.29, 1.82) is 0 Å². The first-order valence-electron chi connectivity index (χ1n) is 9.20. The van der Waals surface area contributed by atoms with Crippen LogP contribution < -0.4 is 15.0 Å². The lowest BCUT2D eigenvalue weighted by Gasteiger charge is -2.33. The van der Waals surface area contributed by atoms with Crippen LogP contribution in [-0.2, 0) is 9.59 Å². The van der Waals surface area contributed by atoms with Gasteiger partial charge in [-0.15, -0.1) is 0 Å². The van der Waals surface area contributed by atoms with E-state index in [-0.39, 0.29) is 18.4 Å². The number of carbonyl (C=O) groups is 2. The number of fused-ring (bicyclic) bond motifs is 1. The van der Waals surface area contributed by atoms with Gasteiger partial charge in [-0.3, -0.25) is 14.5 Å². The van der Waals surface area contributed by atoms with Gasteiger partial charge >= 0.3 is 0 Å². The zero-order valence-corrected chi connectivity index (χ0v) is 14.8. The van der Waals surface area contributed by atoms with Gasteiger partial charge in [-0.1, -0.05) is 30.7 Å². The van der Waals surface area contributed by atoms with E-state index < -0.39 is 6.10 Å². The molecule has 0 spiro atoms. The number of hydrogen-bond donors (Lipinski definition) is 1. The molecule has 1 N–H and O–H groups in total. The summed E-state index contributed by atoms with van der Waals surface area (Å²) in [7, 11) is 0. The second-order valence-corrected chi connectivity index (χ2v) is 6.61. The van der Waals surface area contributed by atoms with Crippen LogP contribution in [0.5, 0.6) is 5.75 Å². The molecule has 0 aromatic heterocycles. The lowest BCUT2D eigenvalue weighted by Crippen LogP contribution is -2.49. The molecule has 2 amide bonds. The fourth-order valence-electron chi connectivity index (χ4n) is 3.39. The van der Waals surface area contributed by atoms with Crippen LogP contribution in [0.15, 0.2) is 35.9 Å². The van der Waals surface area contributed by atoms with Crippen LogP contribution in [0.4, 0.5) is 5.69 Å². The second-order valence-electron chi connectivity index (χ2n) is 6.61. The first-order valence-corrected chi connectivity index (χ1v) is 9.20. The van der Waals surface area contributed by atoms with E-state index in [0.717, 1.165) is 19.3 Å². The molecule has 1 aliphatic carbocycles. The maximum absolute atomic E-state index is 12.6. The smallest absolute Gasteiger partial charge is 0.268 e. The van der Waals surface area contributed by atoms with Crippen LogP contribution >= 0.6 is 0 Å². The Bertz CT molecular complexity index is 669. The van der Waals surface area contributed by atoms with Gasteiger partial charge in [0.05, 0.1) is 5.69 Å². The number of nitrogens with zero attached hydrogens (tertiary/aromatic N) is 1. The Balaban J connectivity index is 1.59. The Morgan fingerprint density at radius 1 is 1.32 bits per heavy atom. The number of nitrogens with one attached hydrogen (secondary N) is 1. The highest BCUT2D eigenvalue weighted by Gasteiger charge is 2.34. The average Bonchev–Trinajstić information content (AvgIpc) is 2.64. The van der Waals surface area contributed by atoms with E-state index in [2.05, 4.69) is 11.4 Å².